The van der Waals surface area contributed by atoms with E-state index >= 15 is 9.59 Å². The number of nitrogens with zero attached hydrogens (tertiary/aromatic N) is 5. The zero-order chi connectivity index (χ0) is 43.0. The largest absolute Gasteiger partial charge is 0.508 e. The molecule has 6 aromatic rings. The molecular formula is C50H51N5O8. The molecule has 0 bridgehead atoms. The first kappa shape index (κ1) is 40.5. The minimum absolute atomic E-state index is 0.0580. The Bertz CT molecular complexity index is 2650. The fraction of sp³-hybridized carbons (Fsp3) is 0.340. The van der Waals surface area contributed by atoms with E-state index in [2.05, 4.69) is 27.7 Å². The monoisotopic (exact) mass is 849 g/mol. The number of hydrogen-bond acceptors (Lipinski definition) is 10. The highest BCUT2D eigenvalue weighted by Crippen LogP contribution is 2.43. The first-order valence-corrected chi connectivity index (χ1v) is 22.0. The van der Waals surface area contributed by atoms with Gasteiger partial charge in [-0.2, -0.15) is 0 Å². The van der Waals surface area contributed by atoms with Crippen LogP contribution in [0.3, 0.4) is 0 Å². The standard InChI is InChI=1S/C50H51N5O8/c1-3-60-39-17-11-33(12-18-39)48-51-43(32(2)63-48)30-55(36-13-15-38(56)16-14-36)50(58)42-25-45(53-19-7-6-10-44(42)53)40-26-46-47(62-31-61-46)27-41(40)49(57)54-28-35-9-5-4-8-34(35)24-37(54)29-52-20-22-59-23-21-52/h4-5,8-9,11-18,25-27,37,56H,3,6-7,10,19-24,28-31H2,1-2H3/t37-/m0/s1. The van der Waals surface area contributed by atoms with Crippen LogP contribution in [0.2, 0.25) is 0 Å². The fourth-order valence-corrected chi connectivity index (χ4v) is 9.41. The summed E-state index contributed by atoms with van der Waals surface area (Å²) in [6.07, 6.45) is 3.28. The van der Waals surface area contributed by atoms with Crippen molar-refractivity contribution in [3.63, 3.8) is 0 Å². The molecule has 0 saturated carbocycles. The van der Waals surface area contributed by atoms with E-state index in [0.717, 1.165) is 67.2 Å². The molecular weight excluding hydrogens is 799 g/mol. The molecule has 0 aliphatic carbocycles. The lowest BCUT2D eigenvalue weighted by atomic mass is 9.92. The van der Waals surface area contributed by atoms with Crippen molar-refractivity contribution in [1.29, 1.82) is 0 Å². The molecule has 1 saturated heterocycles. The van der Waals surface area contributed by atoms with Crippen molar-refractivity contribution in [3.8, 4) is 45.7 Å². The number of phenolic OH excluding ortho intramolecular Hbond substituents is 1. The van der Waals surface area contributed by atoms with Gasteiger partial charge in [-0.15, -0.1) is 0 Å². The molecule has 2 amide bonds. The zero-order valence-corrected chi connectivity index (χ0v) is 35.7. The number of aryl methyl sites for hydroxylation is 1. The van der Waals surface area contributed by atoms with E-state index in [1.807, 2.05) is 67.3 Å². The molecule has 1 atom stereocenters. The highest BCUT2D eigenvalue weighted by Gasteiger charge is 2.36. The van der Waals surface area contributed by atoms with E-state index in [1.54, 1.807) is 29.2 Å². The molecule has 4 aliphatic rings. The number of amides is 2. The van der Waals surface area contributed by atoms with Crippen molar-refractivity contribution < 1.29 is 38.1 Å². The third-order valence-corrected chi connectivity index (χ3v) is 12.7. The molecule has 4 aliphatic heterocycles. The number of carbonyl (C=O) groups is 2. The van der Waals surface area contributed by atoms with Crippen LogP contribution in [0.5, 0.6) is 23.0 Å². The second-order valence-corrected chi connectivity index (χ2v) is 16.6. The van der Waals surface area contributed by atoms with Gasteiger partial charge in [0.05, 0.1) is 37.5 Å². The van der Waals surface area contributed by atoms with Gasteiger partial charge in [-0.1, -0.05) is 24.3 Å². The zero-order valence-electron chi connectivity index (χ0n) is 35.7. The quantitative estimate of drug-likeness (QED) is 0.137. The lowest BCUT2D eigenvalue weighted by molar-refractivity contribution is 0.0193. The van der Waals surface area contributed by atoms with Crippen LogP contribution >= 0.6 is 0 Å². The predicted octanol–water partition coefficient (Wildman–Crippen LogP) is 8.03. The van der Waals surface area contributed by atoms with Gasteiger partial charge in [0.2, 0.25) is 12.7 Å². The average Bonchev–Trinajstić information content (AvgIpc) is 4.05. The van der Waals surface area contributed by atoms with E-state index in [0.29, 0.717) is 90.6 Å². The maximum absolute atomic E-state index is 15.3. The van der Waals surface area contributed by atoms with E-state index < -0.39 is 0 Å². The number of hydrogen-bond donors (Lipinski definition) is 1. The van der Waals surface area contributed by atoms with Crippen molar-refractivity contribution in [3.05, 3.63) is 130 Å². The van der Waals surface area contributed by atoms with Crippen molar-refractivity contribution in [1.82, 2.24) is 19.4 Å². The summed E-state index contributed by atoms with van der Waals surface area (Å²) in [6, 6.07) is 28.2. The highest BCUT2D eigenvalue weighted by atomic mass is 16.7. The smallest absolute Gasteiger partial charge is 0.260 e. The third-order valence-electron chi connectivity index (χ3n) is 12.7. The Morgan fingerprint density at radius 2 is 1.65 bits per heavy atom. The molecule has 13 heteroatoms. The van der Waals surface area contributed by atoms with Crippen molar-refractivity contribution in [2.45, 2.75) is 65.2 Å². The number of rotatable bonds is 11. The molecule has 6 heterocycles. The molecule has 1 N–H and O–H groups in total. The van der Waals surface area contributed by atoms with Crippen molar-refractivity contribution in [2.24, 2.45) is 0 Å². The number of phenols is 1. The van der Waals surface area contributed by atoms with E-state index in [4.69, 9.17) is 28.3 Å². The summed E-state index contributed by atoms with van der Waals surface area (Å²) >= 11 is 0. The van der Waals surface area contributed by atoms with Crippen LogP contribution in [0, 0.1) is 6.92 Å². The number of oxazole rings is 1. The van der Waals surface area contributed by atoms with Gasteiger partial charge >= 0.3 is 0 Å². The molecule has 1 fully saturated rings. The van der Waals surface area contributed by atoms with Gasteiger partial charge in [-0.3, -0.25) is 14.5 Å². The Morgan fingerprint density at radius 1 is 0.889 bits per heavy atom. The van der Waals surface area contributed by atoms with E-state index in [-0.39, 0.29) is 36.9 Å². The molecule has 10 rings (SSSR count). The van der Waals surface area contributed by atoms with Crippen LogP contribution in [0.15, 0.2) is 95.4 Å². The Hall–Kier alpha value is -6.57. The van der Waals surface area contributed by atoms with Gasteiger partial charge in [0.15, 0.2) is 11.5 Å². The second-order valence-electron chi connectivity index (χ2n) is 16.6. The molecule has 324 valence electrons. The van der Waals surface area contributed by atoms with E-state index in [1.165, 1.54) is 5.56 Å². The normalized spacial score (nSPS) is 17.0. The third kappa shape index (κ3) is 8.02. The number of aromatic hydroxyl groups is 1. The van der Waals surface area contributed by atoms with E-state index in [9.17, 15) is 5.11 Å². The van der Waals surface area contributed by atoms with Gasteiger partial charge < -0.3 is 42.8 Å². The van der Waals surface area contributed by atoms with Crippen molar-refractivity contribution >= 4 is 17.5 Å². The van der Waals surface area contributed by atoms with Gasteiger partial charge in [0, 0.05) is 67.0 Å². The number of fused-ring (bicyclic) bond motifs is 3. The summed E-state index contributed by atoms with van der Waals surface area (Å²) in [5.41, 5.74) is 7.81. The van der Waals surface area contributed by atoms with Crippen LogP contribution in [0.25, 0.3) is 22.7 Å². The number of anilines is 1. The number of morpholine rings is 1. The van der Waals surface area contributed by atoms with Crippen molar-refractivity contribution in [2.75, 3.05) is 51.1 Å². The number of aromatic nitrogens is 2. The topological polar surface area (TPSA) is 132 Å². The Balaban J connectivity index is 1.03. The maximum Gasteiger partial charge on any atom is 0.260 e. The van der Waals surface area contributed by atoms with Crippen LogP contribution < -0.4 is 19.1 Å². The average molecular weight is 850 g/mol. The summed E-state index contributed by atoms with van der Waals surface area (Å²) in [5.74, 6) is 2.64. The summed E-state index contributed by atoms with van der Waals surface area (Å²) in [6.45, 7) is 9.44. The maximum atomic E-state index is 15.3. The van der Waals surface area contributed by atoms with Crippen LogP contribution in [-0.4, -0.2) is 88.6 Å². The minimum atomic E-state index is -0.227. The lowest BCUT2D eigenvalue weighted by Crippen LogP contribution is -2.52. The molecule has 0 spiro atoms. The van der Waals surface area contributed by atoms with Gasteiger partial charge in [-0.25, -0.2) is 4.98 Å². The van der Waals surface area contributed by atoms with Crippen LogP contribution in [-0.2, 0) is 37.2 Å². The Kier molecular flexibility index (Phi) is 11.1. The van der Waals surface area contributed by atoms with Gasteiger partial charge in [-0.05, 0) is 117 Å². The number of ether oxygens (including phenoxy) is 4. The van der Waals surface area contributed by atoms with Gasteiger partial charge in [0.25, 0.3) is 11.8 Å². The Morgan fingerprint density at radius 3 is 2.43 bits per heavy atom. The summed E-state index contributed by atoms with van der Waals surface area (Å²) in [7, 11) is 0. The molecule has 0 unspecified atom stereocenters. The molecule has 63 heavy (non-hydrogen) atoms. The highest BCUT2D eigenvalue weighted by molar-refractivity contribution is 6.09. The molecule has 4 aromatic carbocycles. The number of benzene rings is 4. The van der Waals surface area contributed by atoms with Crippen LogP contribution in [0.1, 0.15) is 68.8 Å². The molecule has 13 nitrogen and oxygen atoms in total. The second kappa shape index (κ2) is 17.3. The van der Waals surface area contributed by atoms with Crippen LogP contribution in [0.4, 0.5) is 5.69 Å². The first-order chi connectivity index (χ1) is 30.8. The summed E-state index contributed by atoms with van der Waals surface area (Å²) in [4.78, 5) is 41.6. The minimum Gasteiger partial charge on any atom is -0.508 e. The molecule has 2 aromatic heterocycles. The molecule has 0 radical (unpaired) electrons. The Labute approximate surface area is 366 Å². The SMILES string of the molecule is CCOc1ccc(-c2nc(CN(C(=O)c3cc(-c4cc5c(cc4C(=O)N4Cc6ccccc6C[C@H]4CN4CCOCC4)OCO5)n4c3CCCC4)c3ccc(O)cc3)c(C)o2)cc1. The fourth-order valence-electron chi connectivity index (χ4n) is 9.41. The summed E-state index contributed by atoms with van der Waals surface area (Å²) in [5, 5.41) is 10.3. The number of carbonyl (C=O) groups excluding carboxylic acids is 2. The predicted molar refractivity (Wildman–Crippen MR) is 236 cm³/mol. The van der Waals surface area contributed by atoms with Gasteiger partial charge in [0.1, 0.15) is 23.0 Å². The lowest BCUT2D eigenvalue weighted by Gasteiger charge is -2.40. The first-order valence-electron chi connectivity index (χ1n) is 22.0. The summed E-state index contributed by atoms with van der Waals surface area (Å²) < 4.78 is 31.6.